The Morgan fingerprint density at radius 3 is 1.63 bits per heavy atom. The molecular formula is C67H53N. The molecule has 0 heterocycles. The molecule has 1 saturated carbocycles. The van der Waals surface area contributed by atoms with Crippen molar-refractivity contribution in [2.24, 2.45) is 0 Å². The Balaban J connectivity index is 1.12. The van der Waals surface area contributed by atoms with Crippen LogP contribution in [-0.4, -0.2) is 0 Å². The summed E-state index contributed by atoms with van der Waals surface area (Å²) in [6.07, 6.45) is 6.43. The van der Waals surface area contributed by atoms with Crippen LogP contribution in [0.15, 0.2) is 237 Å². The van der Waals surface area contributed by atoms with E-state index in [9.17, 15) is 0 Å². The summed E-state index contributed by atoms with van der Waals surface area (Å²) in [6.45, 7) is 2.43. The fourth-order valence-corrected chi connectivity index (χ4v) is 13.0. The third-order valence-corrected chi connectivity index (χ3v) is 16.0. The van der Waals surface area contributed by atoms with E-state index < -0.39 is 5.41 Å². The van der Waals surface area contributed by atoms with Crippen LogP contribution < -0.4 is 4.90 Å². The van der Waals surface area contributed by atoms with Gasteiger partial charge in [0.25, 0.3) is 0 Å². The molecule has 10 aromatic carbocycles. The van der Waals surface area contributed by atoms with Gasteiger partial charge in [0.15, 0.2) is 0 Å². The van der Waals surface area contributed by atoms with Gasteiger partial charge in [0.2, 0.25) is 0 Å². The number of fused-ring (bicyclic) bond motifs is 7. The summed E-state index contributed by atoms with van der Waals surface area (Å²) in [6, 6.07) is 89.4. The van der Waals surface area contributed by atoms with E-state index in [4.69, 9.17) is 0 Å². The third kappa shape index (κ3) is 6.01. The molecule has 0 amide bonds. The number of nitrogens with zero attached hydrogens (tertiary/aromatic N) is 1. The Labute approximate surface area is 401 Å². The maximum absolute atomic E-state index is 2.62. The predicted octanol–water partition coefficient (Wildman–Crippen LogP) is 17.7. The van der Waals surface area contributed by atoms with E-state index >= 15 is 0 Å². The SMILES string of the molecule is CC1(c2ccccc2)c2ccccc2-c2ccc(N(c3ccccc3-c3cccc4cccc(C5CCCCC5)c34)c3cccc4c3-c3ccccc3C4(c3ccccc3)c3ccccc3)cc21. The zero-order valence-electron chi connectivity index (χ0n) is 38.6. The van der Waals surface area contributed by atoms with Gasteiger partial charge in [-0.2, -0.15) is 0 Å². The largest absolute Gasteiger partial charge is 0.309 e. The molecule has 68 heavy (non-hydrogen) atoms. The number of hydrogen-bond acceptors (Lipinski definition) is 1. The normalized spacial score (nSPS) is 16.7. The zero-order chi connectivity index (χ0) is 45.2. The summed E-state index contributed by atoms with van der Waals surface area (Å²) in [5.41, 5.74) is 20.8. The lowest BCUT2D eigenvalue weighted by molar-refractivity contribution is 0.445. The highest BCUT2D eigenvalue weighted by Gasteiger charge is 2.48. The first kappa shape index (κ1) is 40.5. The second-order valence-electron chi connectivity index (χ2n) is 19.4. The fraction of sp³-hybridized carbons (Fsp3) is 0.134. The first-order valence-electron chi connectivity index (χ1n) is 24.7. The van der Waals surface area contributed by atoms with E-state index in [2.05, 4.69) is 248 Å². The number of benzene rings is 10. The van der Waals surface area contributed by atoms with Gasteiger partial charge in [-0.15, -0.1) is 0 Å². The van der Waals surface area contributed by atoms with Crippen LogP contribution in [0.5, 0.6) is 0 Å². The summed E-state index contributed by atoms with van der Waals surface area (Å²) in [4.78, 5) is 2.62. The lowest BCUT2D eigenvalue weighted by Crippen LogP contribution is -2.28. The van der Waals surface area contributed by atoms with Crippen LogP contribution in [0.25, 0.3) is 44.2 Å². The average Bonchev–Trinajstić information content (AvgIpc) is 3.87. The lowest BCUT2D eigenvalue weighted by atomic mass is 9.68. The van der Waals surface area contributed by atoms with Gasteiger partial charge in [0.1, 0.15) is 0 Å². The van der Waals surface area contributed by atoms with Crippen LogP contribution in [0.3, 0.4) is 0 Å². The Kier molecular flexibility index (Phi) is 9.68. The topological polar surface area (TPSA) is 3.24 Å². The van der Waals surface area contributed by atoms with Gasteiger partial charge in [-0.25, -0.2) is 0 Å². The molecule has 10 aromatic rings. The molecule has 0 saturated heterocycles. The van der Waals surface area contributed by atoms with Gasteiger partial charge in [-0.05, 0) is 127 Å². The molecule has 326 valence electrons. The minimum Gasteiger partial charge on any atom is -0.309 e. The van der Waals surface area contributed by atoms with Gasteiger partial charge >= 0.3 is 0 Å². The number of hydrogen-bond donors (Lipinski definition) is 0. The van der Waals surface area contributed by atoms with Crippen molar-refractivity contribution in [3.63, 3.8) is 0 Å². The quantitative estimate of drug-likeness (QED) is 0.147. The summed E-state index contributed by atoms with van der Waals surface area (Å²) >= 11 is 0. The molecule has 0 radical (unpaired) electrons. The monoisotopic (exact) mass is 871 g/mol. The highest BCUT2D eigenvalue weighted by atomic mass is 15.1. The summed E-state index contributed by atoms with van der Waals surface area (Å²) in [5.74, 6) is 0.559. The highest BCUT2D eigenvalue weighted by Crippen LogP contribution is 2.61. The zero-order valence-corrected chi connectivity index (χ0v) is 38.6. The maximum atomic E-state index is 2.62. The van der Waals surface area contributed by atoms with Crippen LogP contribution in [-0.2, 0) is 10.8 Å². The molecule has 1 heteroatoms. The summed E-state index contributed by atoms with van der Waals surface area (Å²) in [7, 11) is 0. The third-order valence-electron chi connectivity index (χ3n) is 16.0. The highest BCUT2D eigenvalue weighted by molar-refractivity contribution is 6.05. The van der Waals surface area contributed by atoms with Crippen LogP contribution in [0.1, 0.15) is 89.5 Å². The first-order chi connectivity index (χ1) is 33.7. The van der Waals surface area contributed by atoms with E-state index in [1.807, 2.05) is 0 Å². The minimum atomic E-state index is -0.536. The van der Waals surface area contributed by atoms with Crippen molar-refractivity contribution in [1.82, 2.24) is 0 Å². The van der Waals surface area contributed by atoms with Crippen LogP contribution in [0.4, 0.5) is 17.1 Å². The molecule has 0 spiro atoms. The van der Waals surface area contributed by atoms with Crippen molar-refractivity contribution in [2.45, 2.75) is 55.8 Å². The number of rotatable bonds is 8. The van der Waals surface area contributed by atoms with E-state index in [0.717, 1.165) is 11.4 Å². The van der Waals surface area contributed by atoms with Crippen LogP contribution in [0.2, 0.25) is 0 Å². The fourth-order valence-electron chi connectivity index (χ4n) is 13.0. The first-order valence-corrected chi connectivity index (χ1v) is 24.7. The average molecular weight is 872 g/mol. The van der Waals surface area contributed by atoms with Gasteiger partial charge in [-0.3, -0.25) is 0 Å². The molecule has 1 atom stereocenters. The standard InChI is InChI=1S/C67H53N/c1-66(48-27-8-3-9-28-48)58-38-17-14-33-53(58)54-44-43-51(45-61(54)66)68(62-41-19-16-34-55(62)56-37-21-26-47-25-20-36-52(64(47)56)46-23-6-2-7-24-46)63-42-22-40-60-65(63)57-35-15-18-39-59(57)67(60,49-29-10-4-11-30-49)50-31-12-5-13-32-50/h3-5,8-22,25-46H,2,6-7,23-24H2,1H3. The number of anilines is 3. The second-order valence-corrected chi connectivity index (χ2v) is 19.4. The van der Waals surface area contributed by atoms with Crippen molar-refractivity contribution in [3.8, 4) is 33.4 Å². The van der Waals surface area contributed by atoms with Crippen molar-refractivity contribution in [3.05, 3.63) is 281 Å². The molecule has 1 nitrogen and oxygen atoms in total. The molecule has 1 unspecified atom stereocenters. The molecular weight excluding hydrogens is 819 g/mol. The van der Waals surface area contributed by atoms with Crippen molar-refractivity contribution in [2.75, 3.05) is 4.90 Å². The Bertz CT molecular complexity index is 3460. The Morgan fingerprint density at radius 2 is 0.912 bits per heavy atom. The van der Waals surface area contributed by atoms with Gasteiger partial charge in [0, 0.05) is 22.2 Å². The molecule has 13 rings (SSSR count). The van der Waals surface area contributed by atoms with Crippen molar-refractivity contribution < 1.29 is 0 Å². The summed E-state index contributed by atoms with van der Waals surface area (Å²) in [5, 5.41) is 2.71. The molecule has 0 N–H and O–H groups in total. The molecule has 0 aliphatic heterocycles. The number of para-hydroxylation sites is 1. The predicted molar refractivity (Wildman–Crippen MR) is 285 cm³/mol. The van der Waals surface area contributed by atoms with E-state index in [-0.39, 0.29) is 5.41 Å². The minimum absolute atomic E-state index is 0.361. The maximum Gasteiger partial charge on any atom is 0.0714 e. The van der Waals surface area contributed by atoms with E-state index in [1.165, 1.54) is 126 Å². The Morgan fingerprint density at radius 1 is 0.382 bits per heavy atom. The van der Waals surface area contributed by atoms with Gasteiger partial charge < -0.3 is 4.90 Å². The van der Waals surface area contributed by atoms with Crippen molar-refractivity contribution >= 4 is 27.8 Å². The van der Waals surface area contributed by atoms with Crippen LogP contribution >= 0.6 is 0 Å². The molecule has 3 aliphatic rings. The van der Waals surface area contributed by atoms with Crippen LogP contribution in [0, 0.1) is 0 Å². The summed E-state index contributed by atoms with van der Waals surface area (Å²) < 4.78 is 0. The van der Waals surface area contributed by atoms with Gasteiger partial charge in [0.05, 0.1) is 16.8 Å². The van der Waals surface area contributed by atoms with Crippen molar-refractivity contribution in [1.29, 1.82) is 0 Å². The molecule has 1 fully saturated rings. The Hall–Kier alpha value is -7.74. The second kappa shape index (κ2) is 16.2. The molecule has 3 aliphatic carbocycles. The van der Waals surface area contributed by atoms with E-state index in [0.29, 0.717) is 5.92 Å². The van der Waals surface area contributed by atoms with Gasteiger partial charge in [-0.1, -0.05) is 232 Å². The smallest absolute Gasteiger partial charge is 0.0714 e. The molecule has 0 aromatic heterocycles. The van der Waals surface area contributed by atoms with E-state index in [1.54, 1.807) is 0 Å². The lowest BCUT2D eigenvalue weighted by Gasteiger charge is -2.35. The molecule has 0 bridgehead atoms.